The molecule has 0 bridgehead atoms. The maximum Gasteiger partial charge on any atom is 0.443 e. The van der Waals surface area contributed by atoms with Crippen LogP contribution in [0, 0.1) is 0 Å². The van der Waals surface area contributed by atoms with Crippen LogP contribution in [0.4, 0.5) is 25.1 Å². The zero-order chi connectivity index (χ0) is 14.0. The number of halogens is 3. The summed E-state index contributed by atoms with van der Waals surface area (Å²) in [6.45, 7) is 0.147. The molecule has 2 heterocycles. The first kappa shape index (κ1) is 13.6. The number of nitrogens with zero attached hydrogens (tertiary/aromatic N) is 4. The van der Waals surface area contributed by atoms with Crippen molar-refractivity contribution in [3.05, 3.63) is 16.1 Å². The molecule has 0 amide bonds. The number of alkyl halides is 3. The lowest BCUT2D eigenvalue weighted by Gasteiger charge is -2.03. The van der Waals surface area contributed by atoms with Crippen molar-refractivity contribution in [2.75, 3.05) is 24.3 Å². The topological polar surface area (TPSA) is 69.7 Å². The standard InChI is InChI=1S/C9H11F3N6S/c1-18(2)8-15-7(16-17-8)13-3-5-4-19-6(14-5)9(10,11)12/h4H,3H2,1-2H3,(H2,13,15,16,17). The summed E-state index contributed by atoms with van der Waals surface area (Å²) in [5.74, 6) is 0.863. The third kappa shape index (κ3) is 3.34. The lowest BCUT2D eigenvalue weighted by atomic mass is 10.5. The molecule has 0 saturated carbocycles. The van der Waals surface area contributed by atoms with Gasteiger partial charge in [0.15, 0.2) is 5.01 Å². The van der Waals surface area contributed by atoms with Crippen molar-refractivity contribution in [3.8, 4) is 0 Å². The van der Waals surface area contributed by atoms with E-state index in [0.29, 0.717) is 28.9 Å². The fourth-order valence-electron chi connectivity index (χ4n) is 1.22. The average molecular weight is 292 g/mol. The number of nitrogens with one attached hydrogen (secondary N) is 2. The number of H-pyrrole nitrogens is 1. The molecule has 2 N–H and O–H groups in total. The molecule has 0 unspecified atom stereocenters. The van der Waals surface area contributed by atoms with E-state index in [-0.39, 0.29) is 6.54 Å². The molecule has 6 nitrogen and oxygen atoms in total. The Hall–Kier alpha value is -1.84. The second kappa shape index (κ2) is 5.03. The van der Waals surface area contributed by atoms with Gasteiger partial charge in [0, 0.05) is 19.5 Å². The van der Waals surface area contributed by atoms with Gasteiger partial charge in [-0.15, -0.1) is 16.4 Å². The Labute approximate surface area is 110 Å². The molecule has 0 aliphatic heterocycles. The second-order valence-electron chi connectivity index (χ2n) is 3.87. The summed E-state index contributed by atoms with van der Waals surface area (Å²) in [4.78, 5) is 9.28. The molecule has 19 heavy (non-hydrogen) atoms. The molecule has 0 saturated heterocycles. The largest absolute Gasteiger partial charge is 0.443 e. The van der Waals surface area contributed by atoms with Crippen LogP contribution in [-0.2, 0) is 12.7 Å². The number of aromatic amines is 1. The molecule has 0 spiro atoms. The lowest BCUT2D eigenvalue weighted by Crippen LogP contribution is -2.10. The Bertz CT molecular complexity index is 546. The smallest absolute Gasteiger partial charge is 0.349 e. The fraction of sp³-hybridized carbons (Fsp3) is 0.444. The Morgan fingerprint density at radius 1 is 1.37 bits per heavy atom. The molecule has 0 aromatic carbocycles. The molecule has 0 aliphatic rings. The zero-order valence-corrected chi connectivity index (χ0v) is 10.9. The molecule has 2 rings (SSSR count). The number of hydrogen-bond donors (Lipinski definition) is 2. The number of anilines is 2. The highest BCUT2D eigenvalue weighted by atomic mass is 32.1. The molecule has 0 fully saturated rings. The molecular formula is C9H11F3N6S. The van der Waals surface area contributed by atoms with Crippen LogP contribution in [0.25, 0.3) is 0 Å². The van der Waals surface area contributed by atoms with E-state index in [2.05, 4.69) is 25.5 Å². The summed E-state index contributed by atoms with van der Waals surface area (Å²) >= 11 is 0.571. The van der Waals surface area contributed by atoms with Crippen molar-refractivity contribution >= 4 is 23.2 Å². The lowest BCUT2D eigenvalue weighted by molar-refractivity contribution is -0.137. The van der Waals surface area contributed by atoms with Crippen LogP contribution < -0.4 is 10.2 Å². The van der Waals surface area contributed by atoms with Gasteiger partial charge in [-0.3, -0.25) is 0 Å². The highest BCUT2D eigenvalue weighted by Gasteiger charge is 2.34. The van der Waals surface area contributed by atoms with Crippen LogP contribution >= 0.6 is 11.3 Å². The van der Waals surface area contributed by atoms with Gasteiger partial charge in [0.1, 0.15) is 0 Å². The van der Waals surface area contributed by atoms with Gasteiger partial charge < -0.3 is 10.2 Å². The summed E-state index contributed by atoms with van der Waals surface area (Å²) in [6, 6.07) is 0. The van der Waals surface area contributed by atoms with Crippen molar-refractivity contribution in [1.82, 2.24) is 20.2 Å². The monoisotopic (exact) mass is 292 g/mol. The predicted octanol–water partition coefficient (Wildman–Crippen LogP) is 1.96. The normalized spacial score (nSPS) is 11.6. The molecule has 2 aromatic rings. The molecule has 104 valence electrons. The second-order valence-corrected chi connectivity index (χ2v) is 4.73. The molecule has 10 heteroatoms. The van der Waals surface area contributed by atoms with Crippen molar-refractivity contribution in [2.45, 2.75) is 12.7 Å². The molecule has 0 radical (unpaired) electrons. The molecular weight excluding hydrogens is 281 g/mol. The first-order chi connectivity index (χ1) is 8.86. The minimum atomic E-state index is -4.40. The van der Waals surface area contributed by atoms with Gasteiger partial charge in [0.2, 0.25) is 11.9 Å². The first-order valence-corrected chi connectivity index (χ1v) is 6.09. The third-order valence-corrected chi connectivity index (χ3v) is 3.04. The Morgan fingerprint density at radius 3 is 2.63 bits per heavy atom. The Morgan fingerprint density at radius 2 is 2.11 bits per heavy atom. The van der Waals surface area contributed by atoms with E-state index in [0.717, 1.165) is 0 Å². The van der Waals surface area contributed by atoms with E-state index in [4.69, 9.17) is 0 Å². The molecule has 0 aliphatic carbocycles. The van der Waals surface area contributed by atoms with Gasteiger partial charge in [0.25, 0.3) is 0 Å². The van der Waals surface area contributed by atoms with Crippen LogP contribution in [0.5, 0.6) is 0 Å². The van der Waals surface area contributed by atoms with E-state index in [9.17, 15) is 13.2 Å². The maximum atomic E-state index is 12.4. The fourth-order valence-corrected chi connectivity index (χ4v) is 1.91. The van der Waals surface area contributed by atoms with Gasteiger partial charge in [-0.1, -0.05) is 0 Å². The van der Waals surface area contributed by atoms with Crippen LogP contribution in [0.3, 0.4) is 0 Å². The van der Waals surface area contributed by atoms with Gasteiger partial charge in [-0.05, 0) is 0 Å². The summed E-state index contributed by atoms with van der Waals surface area (Å²) in [5.41, 5.74) is 0.306. The van der Waals surface area contributed by atoms with Crippen LogP contribution in [0.2, 0.25) is 0 Å². The van der Waals surface area contributed by atoms with Crippen LogP contribution in [0.1, 0.15) is 10.7 Å². The Balaban J connectivity index is 1.96. The predicted molar refractivity (Wildman–Crippen MR) is 65.2 cm³/mol. The zero-order valence-electron chi connectivity index (χ0n) is 10.1. The van der Waals surface area contributed by atoms with E-state index < -0.39 is 11.2 Å². The quantitative estimate of drug-likeness (QED) is 0.901. The SMILES string of the molecule is CN(C)c1n[nH]c(NCc2csc(C(F)(F)F)n2)n1. The van der Waals surface area contributed by atoms with Gasteiger partial charge >= 0.3 is 6.18 Å². The summed E-state index contributed by atoms with van der Waals surface area (Å²) in [6.07, 6.45) is -4.40. The average Bonchev–Trinajstić information content (AvgIpc) is 2.95. The van der Waals surface area contributed by atoms with E-state index >= 15 is 0 Å². The number of aromatic nitrogens is 4. The van der Waals surface area contributed by atoms with Crippen molar-refractivity contribution in [2.24, 2.45) is 0 Å². The van der Waals surface area contributed by atoms with Gasteiger partial charge in [-0.25, -0.2) is 10.1 Å². The van der Waals surface area contributed by atoms with E-state index in [1.165, 1.54) is 5.38 Å². The number of hydrogen-bond acceptors (Lipinski definition) is 6. The Kier molecular flexibility index (Phi) is 3.60. The van der Waals surface area contributed by atoms with Crippen molar-refractivity contribution < 1.29 is 13.2 Å². The summed E-state index contributed by atoms with van der Waals surface area (Å²) < 4.78 is 37.1. The number of thiazole rings is 1. The van der Waals surface area contributed by atoms with E-state index in [1.54, 1.807) is 19.0 Å². The maximum absolute atomic E-state index is 12.4. The molecule has 2 aromatic heterocycles. The number of rotatable bonds is 4. The van der Waals surface area contributed by atoms with Crippen molar-refractivity contribution in [1.29, 1.82) is 0 Å². The first-order valence-electron chi connectivity index (χ1n) is 5.21. The van der Waals surface area contributed by atoms with E-state index in [1.807, 2.05) is 0 Å². The summed E-state index contributed by atoms with van der Waals surface area (Å²) in [7, 11) is 3.56. The minimum absolute atomic E-state index is 0.147. The highest BCUT2D eigenvalue weighted by molar-refractivity contribution is 7.09. The minimum Gasteiger partial charge on any atom is -0.349 e. The summed E-state index contributed by atoms with van der Waals surface area (Å²) in [5, 5.41) is 9.87. The van der Waals surface area contributed by atoms with Crippen LogP contribution in [-0.4, -0.2) is 34.3 Å². The molecule has 0 atom stereocenters. The highest BCUT2D eigenvalue weighted by Crippen LogP contribution is 2.31. The van der Waals surface area contributed by atoms with Crippen LogP contribution in [0.15, 0.2) is 5.38 Å². The third-order valence-electron chi connectivity index (χ3n) is 2.10. The van der Waals surface area contributed by atoms with Crippen molar-refractivity contribution in [3.63, 3.8) is 0 Å². The van der Waals surface area contributed by atoms with Gasteiger partial charge in [0.05, 0.1) is 12.2 Å². The van der Waals surface area contributed by atoms with Gasteiger partial charge in [-0.2, -0.15) is 18.2 Å².